The van der Waals surface area contributed by atoms with Gasteiger partial charge < -0.3 is 0 Å². The van der Waals surface area contributed by atoms with Crippen LogP contribution in [0.25, 0.3) is 0 Å². The number of sulfonamides is 1. The number of halogens is 1. The molecule has 1 unspecified atom stereocenters. The smallest absolute Gasteiger partial charge is 0.264 e. The quantitative estimate of drug-likeness (QED) is 0.804. The van der Waals surface area contributed by atoms with Crippen molar-refractivity contribution in [1.82, 2.24) is 0 Å². The second-order valence-electron chi connectivity index (χ2n) is 5.41. The van der Waals surface area contributed by atoms with Crippen molar-refractivity contribution in [2.45, 2.75) is 24.7 Å². The fourth-order valence-corrected chi connectivity index (χ4v) is 5.12. The van der Waals surface area contributed by atoms with Crippen LogP contribution in [0.1, 0.15) is 24.0 Å². The molecule has 0 bridgehead atoms. The number of fused-ring (bicyclic) bond motifs is 1. The first-order valence-electron chi connectivity index (χ1n) is 6.79. The number of anilines is 1. The maximum absolute atomic E-state index is 13.0. The number of rotatable bonds is 2. The van der Waals surface area contributed by atoms with Gasteiger partial charge in [-0.05, 0) is 36.2 Å². The van der Waals surface area contributed by atoms with Crippen LogP contribution in [0.2, 0.25) is 0 Å². The maximum atomic E-state index is 13.0. The van der Waals surface area contributed by atoms with Crippen LogP contribution in [0.5, 0.6) is 0 Å². The Morgan fingerprint density at radius 3 is 2.67 bits per heavy atom. The molecule has 0 aromatic heterocycles. The van der Waals surface area contributed by atoms with Crippen molar-refractivity contribution in [3.63, 3.8) is 0 Å². The molecule has 0 saturated carbocycles. The van der Waals surface area contributed by atoms with Crippen molar-refractivity contribution in [1.29, 1.82) is 0 Å². The third-order valence-electron chi connectivity index (χ3n) is 3.89. The summed E-state index contributed by atoms with van der Waals surface area (Å²) in [6.45, 7) is 4.38. The van der Waals surface area contributed by atoms with Gasteiger partial charge in [0.05, 0.1) is 10.6 Å². The van der Waals surface area contributed by atoms with E-state index in [0.717, 1.165) is 21.3 Å². The number of nitrogens with zero attached hydrogens (tertiary/aromatic N) is 1. The first-order valence-corrected chi connectivity index (χ1v) is 9.02. The van der Waals surface area contributed by atoms with E-state index in [1.807, 2.05) is 43.3 Å². The molecule has 0 aliphatic carbocycles. The Hall–Kier alpha value is -1.33. The van der Waals surface area contributed by atoms with E-state index in [4.69, 9.17) is 0 Å². The van der Waals surface area contributed by atoms with Gasteiger partial charge in [0.1, 0.15) is 0 Å². The van der Waals surface area contributed by atoms with E-state index in [9.17, 15) is 8.42 Å². The Morgan fingerprint density at radius 2 is 1.90 bits per heavy atom. The van der Waals surface area contributed by atoms with Crippen LogP contribution in [0.15, 0.2) is 51.8 Å². The molecule has 2 aromatic rings. The first-order chi connectivity index (χ1) is 9.91. The van der Waals surface area contributed by atoms with Gasteiger partial charge in [-0.2, -0.15) is 0 Å². The Labute approximate surface area is 133 Å². The van der Waals surface area contributed by atoms with Crippen LogP contribution in [0, 0.1) is 6.92 Å². The summed E-state index contributed by atoms with van der Waals surface area (Å²) in [5.74, 6) is 0.212. The van der Waals surface area contributed by atoms with Crippen LogP contribution < -0.4 is 4.31 Å². The molecular formula is C16H16BrNO2S. The van der Waals surface area contributed by atoms with Crippen molar-refractivity contribution >= 4 is 31.6 Å². The lowest BCUT2D eigenvalue weighted by atomic mass is 10.0. The van der Waals surface area contributed by atoms with Crippen LogP contribution in [0.4, 0.5) is 5.69 Å². The van der Waals surface area contributed by atoms with Gasteiger partial charge in [-0.15, -0.1) is 0 Å². The minimum atomic E-state index is -3.53. The number of aryl methyl sites for hydroxylation is 1. The topological polar surface area (TPSA) is 37.4 Å². The molecule has 3 rings (SSSR count). The highest BCUT2D eigenvalue weighted by Gasteiger charge is 2.35. The number of hydrogen-bond acceptors (Lipinski definition) is 2. The molecule has 0 amide bonds. The molecule has 3 nitrogen and oxygen atoms in total. The van der Waals surface area contributed by atoms with Crippen molar-refractivity contribution in [3.8, 4) is 0 Å². The Balaban J connectivity index is 2.14. The minimum Gasteiger partial charge on any atom is -0.265 e. The number of para-hydroxylation sites is 1. The predicted octanol–water partition coefficient (Wildman–Crippen LogP) is 4.07. The van der Waals surface area contributed by atoms with Crippen molar-refractivity contribution in [2.24, 2.45) is 0 Å². The lowest BCUT2D eigenvalue weighted by molar-refractivity contribution is 0.590. The summed E-state index contributed by atoms with van der Waals surface area (Å²) >= 11 is 3.36. The summed E-state index contributed by atoms with van der Waals surface area (Å²) in [5.41, 5.74) is 2.65. The van der Waals surface area contributed by atoms with Crippen molar-refractivity contribution in [2.75, 3.05) is 10.8 Å². The average molecular weight is 366 g/mol. The average Bonchev–Trinajstić information content (AvgIpc) is 2.80. The van der Waals surface area contributed by atoms with Gasteiger partial charge in [-0.1, -0.05) is 47.1 Å². The molecule has 0 fully saturated rings. The summed E-state index contributed by atoms with van der Waals surface area (Å²) in [6, 6.07) is 13.1. The van der Waals surface area contributed by atoms with Gasteiger partial charge in [0.15, 0.2) is 0 Å². The highest BCUT2D eigenvalue weighted by atomic mass is 79.9. The highest BCUT2D eigenvalue weighted by molar-refractivity contribution is 9.10. The normalized spacial score (nSPS) is 17.9. The molecule has 1 aliphatic rings. The van der Waals surface area contributed by atoms with Crippen molar-refractivity contribution in [3.05, 3.63) is 58.1 Å². The second-order valence-corrected chi connectivity index (χ2v) is 8.15. The SMILES string of the molecule is Cc1ccc(Br)cc1S(=O)(=O)N1CC(C)c2ccccc21. The largest absolute Gasteiger partial charge is 0.265 e. The summed E-state index contributed by atoms with van der Waals surface area (Å²) in [5, 5.41) is 0. The van der Waals surface area contributed by atoms with E-state index in [1.165, 1.54) is 4.31 Å². The van der Waals surface area contributed by atoms with Crippen molar-refractivity contribution < 1.29 is 8.42 Å². The Kier molecular flexibility index (Phi) is 3.58. The monoisotopic (exact) mass is 365 g/mol. The maximum Gasteiger partial charge on any atom is 0.264 e. The highest BCUT2D eigenvalue weighted by Crippen LogP contribution is 2.39. The molecule has 1 heterocycles. The summed E-state index contributed by atoms with van der Waals surface area (Å²) in [7, 11) is -3.53. The van der Waals surface area contributed by atoms with E-state index in [0.29, 0.717) is 11.4 Å². The van der Waals surface area contributed by atoms with E-state index in [-0.39, 0.29) is 5.92 Å². The molecule has 5 heteroatoms. The van der Waals surface area contributed by atoms with Crippen LogP contribution in [-0.2, 0) is 10.0 Å². The van der Waals surface area contributed by atoms with Gasteiger partial charge >= 0.3 is 0 Å². The van der Waals surface area contributed by atoms with Gasteiger partial charge in [0.2, 0.25) is 0 Å². The number of hydrogen-bond donors (Lipinski definition) is 0. The second kappa shape index (κ2) is 5.14. The molecular weight excluding hydrogens is 350 g/mol. The zero-order valence-electron chi connectivity index (χ0n) is 11.9. The van der Waals surface area contributed by atoms with Crippen LogP contribution >= 0.6 is 15.9 Å². The molecule has 0 saturated heterocycles. The lowest BCUT2D eigenvalue weighted by Gasteiger charge is -2.21. The van der Waals surface area contributed by atoms with Gasteiger partial charge in [-0.3, -0.25) is 4.31 Å². The molecule has 110 valence electrons. The predicted molar refractivity (Wildman–Crippen MR) is 88.3 cm³/mol. The lowest BCUT2D eigenvalue weighted by Crippen LogP contribution is -2.30. The molecule has 0 radical (unpaired) electrons. The molecule has 1 aliphatic heterocycles. The third kappa shape index (κ3) is 2.38. The van der Waals surface area contributed by atoms with E-state index in [2.05, 4.69) is 22.9 Å². The minimum absolute atomic E-state index is 0.212. The molecule has 1 atom stereocenters. The standard InChI is InChI=1S/C16H16BrNO2S/c1-11-7-8-13(17)9-16(11)21(19,20)18-10-12(2)14-5-3-4-6-15(14)18/h3-9,12H,10H2,1-2H3. The van der Waals surface area contributed by atoms with Crippen LogP contribution in [-0.4, -0.2) is 15.0 Å². The molecule has 0 spiro atoms. The summed E-state index contributed by atoms with van der Waals surface area (Å²) < 4.78 is 28.3. The fraction of sp³-hybridized carbons (Fsp3) is 0.250. The van der Waals surface area contributed by atoms with Gasteiger partial charge in [0, 0.05) is 16.9 Å². The third-order valence-corrected chi connectivity index (χ3v) is 6.31. The molecule has 21 heavy (non-hydrogen) atoms. The van der Waals surface area contributed by atoms with Gasteiger partial charge in [-0.25, -0.2) is 8.42 Å². The fourth-order valence-electron chi connectivity index (χ4n) is 2.77. The number of benzene rings is 2. The molecule has 2 aromatic carbocycles. The zero-order valence-corrected chi connectivity index (χ0v) is 14.3. The zero-order chi connectivity index (χ0) is 15.2. The van der Waals surface area contributed by atoms with Gasteiger partial charge in [0.25, 0.3) is 10.0 Å². The first kappa shape index (κ1) is 14.6. The summed E-state index contributed by atoms with van der Waals surface area (Å²) in [6.07, 6.45) is 0. The Morgan fingerprint density at radius 1 is 1.19 bits per heavy atom. The molecule has 0 N–H and O–H groups in total. The Bertz CT molecular complexity index is 802. The van der Waals surface area contributed by atoms with Crippen LogP contribution in [0.3, 0.4) is 0 Å². The van der Waals surface area contributed by atoms with E-state index in [1.54, 1.807) is 6.07 Å². The van der Waals surface area contributed by atoms with E-state index < -0.39 is 10.0 Å². The summed E-state index contributed by atoms with van der Waals surface area (Å²) in [4.78, 5) is 0.362. The van der Waals surface area contributed by atoms with E-state index >= 15 is 0 Å².